The summed E-state index contributed by atoms with van der Waals surface area (Å²) in [6.07, 6.45) is 5.04. The molecule has 1 aromatic rings. The third kappa shape index (κ3) is 5.52. The molecular formula is C16H18O5. The first-order valence-electron chi connectivity index (χ1n) is 6.37. The predicted octanol–water partition coefficient (Wildman–Crippen LogP) is 2.99. The van der Waals surface area contributed by atoms with E-state index >= 15 is 0 Å². The lowest BCUT2D eigenvalue weighted by molar-refractivity contribution is -0.140. The molecule has 5 nitrogen and oxygen atoms in total. The zero-order valence-electron chi connectivity index (χ0n) is 11.8. The van der Waals surface area contributed by atoms with E-state index in [2.05, 4.69) is 6.58 Å². The molecule has 1 atom stereocenters. The molecule has 0 radical (unpaired) electrons. The van der Waals surface area contributed by atoms with E-state index in [0.717, 1.165) is 12.0 Å². The molecular weight excluding hydrogens is 272 g/mol. The van der Waals surface area contributed by atoms with E-state index in [9.17, 15) is 9.59 Å². The standard InChI is InChI=1S/C8H8O3.C8H10O2/c1-11-7-4-2-3-6(5-7)8(9)10;1-6-3-2-4-7(5-6)8(9)10/h2-5H,1H3,(H,9,10);2,4,7H,1,3,5H2,(H,9,10). The number of rotatable bonds is 3. The van der Waals surface area contributed by atoms with Gasteiger partial charge in [0.1, 0.15) is 5.75 Å². The van der Waals surface area contributed by atoms with Crippen molar-refractivity contribution in [1.82, 2.24) is 0 Å². The fraction of sp³-hybridized carbons (Fsp3) is 0.250. The van der Waals surface area contributed by atoms with Crippen molar-refractivity contribution in [3.05, 3.63) is 54.1 Å². The highest BCUT2D eigenvalue weighted by Crippen LogP contribution is 2.20. The predicted molar refractivity (Wildman–Crippen MR) is 78.6 cm³/mol. The van der Waals surface area contributed by atoms with Crippen LogP contribution < -0.4 is 4.74 Å². The number of allylic oxidation sites excluding steroid dienone is 2. The Bertz CT molecular complexity index is 560. The zero-order valence-corrected chi connectivity index (χ0v) is 11.8. The van der Waals surface area contributed by atoms with Gasteiger partial charge in [-0.3, -0.25) is 4.79 Å². The minimum atomic E-state index is -0.941. The fourth-order valence-electron chi connectivity index (χ4n) is 1.79. The maximum absolute atomic E-state index is 10.4. The Hall–Kier alpha value is -2.56. The first kappa shape index (κ1) is 16.5. The maximum atomic E-state index is 10.4. The third-order valence-electron chi connectivity index (χ3n) is 2.92. The lowest BCUT2D eigenvalue weighted by Crippen LogP contribution is -2.13. The summed E-state index contributed by atoms with van der Waals surface area (Å²) in [5, 5.41) is 17.1. The minimum absolute atomic E-state index is 0.240. The number of carboxylic acid groups (broad SMARTS) is 2. The molecule has 0 saturated heterocycles. The molecule has 0 aliphatic heterocycles. The lowest BCUT2D eigenvalue weighted by atomic mass is 9.93. The van der Waals surface area contributed by atoms with Crippen LogP contribution in [0.25, 0.3) is 0 Å². The molecule has 2 N–H and O–H groups in total. The maximum Gasteiger partial charge on any atom is 0.335 e. The van der Waals surface area contributed by atoms with Gasteiger partial charge in [0.15, 0.2) is 0 Å². The Balaban J connectivity index is 0.000000211. The van der Waals surface area contributed by atoms with Gasteiger partial charge in [-0.05, 0) is 31.0 Å². The lowest BCUT2D eigenvalue weighted by Gasteiger charge is -2.13. The number of aliphatic carboxylic acids is 1. The van der Waals surface area contributed by atoms with Gasteiger partial charge in [0.2, 0.25) is 0 Å². The molecule has 0 spiro atoms. The number of hydrogen-bond acceptors (Lipinski definition) is 3. The van der Waals surface area contributed by atoms with Crippen LogP contribution in [0.1, 0.15) is 23.2 Å². The molecule has 1 aliphatic carbocycles. The van der Waals surface area contributed by atoms with Gasteiger partial charge in [-0.25, -0.2) is 4.79 Å². The van der Waals surface area contributed by atoms with Crippen LogP contribution in [-0.4, -0.2) is 29.3 Å². The van der Waals surface area contributed by atoms with Crippen molar-refractivity contribution in [1.29, 1.82) is 0 Å². The van der Waals surface area contributed by atoms with Crippen LogP contribution in [0.15, 0.2) is 48.6 Å². The van der Waals surface area contributed by atoms with Gasteiger partial charge in [-0.2, -0.15) is 0 Å². The Morgan fingerprint density at radius 1 is 1.33 bits per heavy atom. The zero-order chi connectivity index (χ0) is 15.8. The summed E-state index contributed by atoms with van der Waals surface area (Å²) in [6, 6.07) is 6.34. The van der Waals surface area contributed by atoms with E-state index in [1.54, 1.807) is 18.2 Å². The summed E-state index contributed by atoms with van der Waals surface area (Å²) in [5.41, 5.74) is 1.25. The van der Waals surface area contributed by atoms with Gasteiger partial charge in [0, 0.05) is 0 Å². The highest BCUT2D eigenvalue weighted by atomic mass is 16.5. The van der Waals surface area contributed by atoms with E-state index in [4.69, 9.17) is 14.9 Å². The van der Waals surface area contributed by atoms with Crippen molar-refractivity contribution in [2.24, 2.45) is 5.92 Å². The fourth-order valence-corrected chi connectivity index (χ4v) is 1.79. The third-order valence-corrected chi connectivity index (χ3v) is 2.92. The van der Waals surface area contributed by atoms with Crippen molar-refractivity contribution in [3.8, 4) is 5.75 Å². The Kier molecular flexibility index (Phi) is 6.20. The molecule has 0 aromatic heterocycles. The molecule has 112 valence electrons. The van der Waals surface area contributed by atoms with Crippen molar-refractivity contribution in [2.45, 2.75) is 12.8 Å². The van der Waals surface area contributed by atoms with E-state index in [1.165, 1.54) is 19.2 Å². The van der Waals surface area contributed by atoms with Crippen LogP contribution in [0.2, 0.25) is 0 Å². The summed E-state index contributed by atoms with van der Waals surface area (Å²) in [5.74, 6) is -1.47. The molecule has 21 heavy (non-hydrogen) atoms. The van der Waals surface area contributed by atoms with Crippen LogP contribution >= 0.6 is 0 Å². The van der Waals surface area contributed by atoms with E-state index in [-0.39, 0.29) is 11.5 Å². The molecule has 0 heterocycles. The van der Waals surface area contributed by atoms with Crippen LogP contribution in [0, 0.1) is 5.92 Å². The second-order valence-electron chi connectivity index (χ2n) is 4.57. The molecule has 0 bridgehead atoms. The first-order valence-corrected chi connectivity index (χ1v) is 6.37. The largest absolute Gasteiger partial charge is 0.497 e. The highest BCUT2D eigenvalue weighted by Gasteiger charge is 2.17. The van der Waals surface area contributed by atoms with E-state index in [1.807, 2.05) is 6.08 Å². The number of methoxy groups -OCH3 is 1. The van der Waals surface area contributed by atoms with Crippen molar-refractivity contribution in [3.63, 3.8) is 0 Å². The number of benzene rings is 1. The SMILES string of the molecule is C=C1CC=CC(C(=O)O)C1.COc1cccc(C(=O)O)c1. The molecule has 0 fully saturated rings. The topological polar surface area (TPSA) is 83.8 Å². The normalized spacial score (nSPS) is 16.6. The number of aromatic carboxylic acids is 1. The molecule has 1 aliphatic rings. The summed E-state index contributed by atoms with van der Waals surface area (Å²) in [4.78, 5) is 20.8. The highest BCUT2D eigenvalue weighted by molar-refractivity contribution is 5.87. The average Bonchev–Trinajstić information content (AvgIpc) is 2.48. The Morgan fingerprint density at radius 3 is 2.52 bits per heavy atom. The number of hydrogen-bond donors (Lipinski definition) is 2. The first-order chi connectivity index (χ1) is 9.93. The summed E-state index contributed by atoms with van der Waals surface area (Å²) in [7, 11) is 1.50. The Labute approximate surface area is 123 Å². The second kappa shape index (κ2) is 7.89. The monoisotopic (exact) mass is 290 g/mol. The van der Waals surface area contributed by atoms with Gasteiger partial charge in [0.05, 0.1) is 18.6 Å². The average molecular weight is 290 g/mol. The van der Waals surface area contributed by atoms with Crippen LogP contribution in [0.5, 0.6) is 5.75 Å². The van der Waals surface area contributed by atoms with E-state index < -0.39 is 11.9 Å². The molecule has 0 amide bonds. The van der Waals surface area contributed by atoms with Crippen LogP contribution in [0.4, 0.5) is 0 Å². The smallest absolute Gasteiger partial charge is 0.335 e. The second-order valence-corrected chi connectivity index (χ2v) is 4.57. The minimum Gasteiger partial charge on any atom is -0.497 e. The Morgan fingerprint density at radius 2 is 2.05 bits per heavy atom. The molecule has 0 saturated carbocycles. The van der Waals surface area contributed by atoms with Gasteiger partial charge in [-0.15, -0.1) is 0 Å². The number of ether oxygens (including phenoxy) is 1. The molecule has 2 rings (SSSR count). The quantitative estimate of drug-likeness (QED) is 0.836. The number of carbonyl (C=O) groups is 2. The molecule has 1 aromatic carbocycles. The van der Waals surface area contributed by atoms with Gasteiger partial charge in [-0.1, -0.05) is 30.4 Å². The summed E-state index contributed by atoms with van der Waals surface area (Å²) < 4.78 is 4.84. The van der Waals surface area contributed by atoms with Gasteiger partial charge < -0.3 is 14.9 Å². The van der Waals surface area contributed by atoms with E-state index in [0.29, 0.717) is 12.2 Å². The van der Waals surface area contributed by atoms with Gasteiger partial charge >= 0.3 is 11.9 Å². The summed E-state index contributed by atoms with van der Waals surface area (Å²) in [6.45, 7) is 3.73. The van der Waals surface area contributed by atoms with Gasteiger partial charge in [0.25, 0.3) is 0 Å². The van der Waals surface area contributed by atoms with Crippen molar-refractivity contribution in [2.75, 3.05) is 7.11 Å². The number of carboxylic acids is 2. The van der Waals surface area contributed by atoms with Crippen LogP contribution in [-0.2, 0) is 4.79 Å². The summed E-state index contributed by atoms with van der Waals surface area (Å²) >= 11 is 0. The van der Waals surface area contributed by atoms with Crippen molar-refractivity contribution >= 4 is 11.9 Å². The molecule has 1 unspecified atom stereocenters. The van der Waals surface area contributed by atoms with Crippen molar-refractivity contribution < 1.29 is 24.5 Å². The van der Waals surface area contributed by atoms with Crippen LogP contribution in [0.3, 0.4) is 0 Å². The molecule has 5 heteroatoms.